The van der Waals surface area contributed by atoms with Crippen molar-refractivity contribution in [1.29, 1.82) is 0 Å². The minimum atomic E-state index is 0.732. The van der Waals surface area contributed by atoms with E-state index < -0.39 is 0 Å². The summed E-state index contributed by atoms with van der Waals surface area (Å²) in [5.74, 6) is 2.30. The van der Waals surface area contributed by atoms with Crippen LogP contribution in [0.5, 0.6) is 0 Å². The van der Waals surface area contributed by atoms with Gasteiger partial charge in [0.05, 0.1) is 0 Å². The van der Waals surface area contributed by atoms with Gasteiger partial charge in [0.25, 0.3) is 0 Å². The molecule has 0 nitrogen and oxygen atoms in total. The molecule has 1 aliphatic carbocycles. The number of hydrogen-bond acceptors (Lipinski definition) is 0. The van der Waals surface area contributed by atoms with Crippen molar-refractivity contribution in [2.24, 2.45) is 17.8 Å². The van der Waals surface area contributed by atoms with E-state index >= 15 is 0 Å². The standard InChI is InChI=1S/C13H22/c1-9(2)12-7-6-11(5)13(8-12)10(3)4/h6,10,12-13H,1,7-8H2,2-5H3/t12-,13+/m1/s1. The highest BCUT2D eigenvalue weighted by atomic mass is 14.3. The highest BCUT2D eigenvalue weighted by Gasteiger charge is 2.24. The van der Waals surface area contributed by atoms with Crippen LogP contribution in [0, 0.1) is 17.8 Å². The minimum absolute atomic E-state index is 0.732. The number of rotatable bonds is 2. The van der Waals surface area contributed by atoms with Gasteiger partial charge in [0.1, 0.15) is 0 Å². The van der Waals surface area contributed by atoms with E-state index in [2.05, 4.69) is 40.3 Å². The van der Waals surface area contributed by atoms with Gasteiger partial charge in [-0.05, 0) is 44.4 Å². The summed E-state index contributed by atoms with van der Waals surface area (Å²) in [7, 11) is 0. The molecule has 13 heavy (non-hydrogen) atoms. The molecule has 0 heterocycles. The molecule has 2 atom stereocenters. The Hall–Kier alpha value is -0.520. The Bertz CT molecular complexity index is 220. The lowest BCUT2D eigenvalue weighted by Crippen LogP contribution is -2.19. The zero-order valence-corrected chi connectivity index (χ0v) is 9.43. The predicted octanol–water partition coefficient (Wildman–Crippen LogP) is 4.19. The first-order valence-electron chi connectivity index (χ1n) is 5.34. The van der Waals surface area contributed by atoms with E-state index in [1.165, 1.54) is 18.4 Å². The summed E-state index contributed by atoms with van der Waals surface area (Å²) < 4.78 is 0. The Balaban J connectivity index is 2.71. The fourth-order valence-corrected chi connectivity index (χ4v) is 2.27. The van der Waals surface area contributed by atoms with E-state index in [9.17, 15) is 0 Å². The summed E-state index contributed by atoms with van der Waals surface area (Å²) in [5.41, 5.74) is 2.95. The summed E-state index contributed by atoms with van der Waals surface area (Å²) in [4.78, 5) is 0. The van der Waals surface area contributed by atoms with E-state index in [1.807, 2.05) is 0 Å². The molecule has 0 saturated carbocycles. The van der Waals surface area contributed by atoms with Gasteiger partial charge in [0, 0.05) is 0 Å². The summed E-state index contributed by atoms with van der Waals surface area (Å²) in [6.07, 6.45) is 4.94. The molecule has 0 fully saturated rings. The molecule has 0 aromatic heterocycles. The van der Waals surface area contributed by atoms with E-state index in [0.717, 1.165) is 17.8 Å². The number of hydrogen-bond donors (Lipinski definition) is 0. The molecule has 0 heteroatoms. The van der Waals surface area contributed by atoms with Gasteiger partial charge >= 0.3 is 0 Å². The summed E-state index contributed by atoms with van der Waals surface area (Å²) >= 11 is 0. The molecule has 0 aromatic rings. The summed E-state index contributed by atoms with van der Waals surface area (Å²) in [6, 6.07) is 0. The molecule has 0 bridgehead atoms. The maximum atomic E-state index is 4.07. The zero-order valence-electron chi connectivity index (χ0n) is 9.43. The van der Waals surface area contributed by atoms with Crippen molar-refractivity contribution in [3.63, 3.8) is 0 Å². The minimum Gasteiger partial charge on any atom is -0.0998 e. The molecule has 0 radical (unpaired) electrons. The fourth-order valence-electron chi connectivity index (χ4n) is 2.27. The van der Waals surface area contributed by atoms with Crippen molar-refractivity contribution in [3.05, 3.63) is 23.8 Å². The molecule has 1 rings (SSSR count). The van der Waals surface area contributed by atoms with Crippen LogP contribution in [-0.2, 0) is 0 Å². The highest BCUT2D eigenvalue weighted by molar-refractivity contribution is 5.14. The molecule has 0 unspecified atom stereocenters. The monoisotopic (exact) mass is 178 g/mol. The van der Waals surface area contributed by atoms with Crippen LogP contribution in [0.2, 0.25) is 0 Å². The molecular weight excluding hydrogens is 156 g/mol. The van der Waals surface area contributed by atoms with Crippen LogP contribution < -0.4 is 0 Å². The lowest BCUT2D eigenvalue weighted by Gasteiger charge is -2.31. The van der Waals surface area contributed by atoms with Crippen molar-refractivity contribution < 1.29 is 0 Å². The molecule has 0 saturated heterocycles. The Morgan fingerprint density at radius 2 is 2.15 bits per heavy atom. The molecule has 0 aliphatic heterocycles. The van der Waals surface area contributed by atoms with E-state index in [-0.39, 0.29) is 0 Å². The zero-order chi connectivity index (χ0) is 10.0. The van der Waals surface area contributed by atoms with Gasteiger partial charge in [-0.25, -0.2) is 0 Å². The first kappa shape index (κ1) is 10.6. The second-order valence-electron chi connectivity index (χ2n) is 4.81. The topological polar surface area (TPSA) is 0 Å². The van der Waals surface area contributed by atoms with Crippen LogP contribution >= 0.6 is 0 Å². The average Bonchev–Trinajstić information content (AvgIpc) is 2.04. The third kappa shape index (κ3) is 2.46. The predicted molar refractivity (Wildman–Crippen MR) is 59.6 cm³/mol. The van der Waals surface area contributed by atoms with Gasteiger partial charge in [-0.3, -0.25) is 0 Å². The Morgan fingerprint density at radius 3 is 2.62 bits per heavy atom. The smallest absolute Gasteiger partial charge is 0.0168 e. The maximum absolute atomic E-state index is 4.07. The number of allylic oxidation sites excluding steroid dienone is 3. The second-order valence-corrected chi connectivity index (χ2v) is 4.81. The van der Waals surface area contributed by atoms with E-state index in [4.69, 9.17) is 0 Å². The Morgan fingerprint density at radius 1 is 1.54 bits per heavy atom. The van der Waals surface area contributed by atoms with Gasteiger partial charge in [-0.15, -0.1) is 0 Å². The van der Waals surface area contributed by atoms with Crippen LogP contribution in [0.1, 0.15) is 40.5 Å². The highest BCUT2D eigenvalue weighted by Crippen LogP contribution is 2.36. The van der Waals surface area contributed by atoms with Crippen LogP contribution in [0.15, 0.2) is 23.8 Å². The molecule has 0 spiro atoms. The van der Waals surface area contributed by atoms with Crippen molar-refractivity contribution in [2.75, 3.05) is 0 Å². The van der Waals surface area contributed by atoms with Crippen LogP contribution in [0.4, 0.5) is 0 Å². The molecule has 74 valence electrons. The van der Waals surface area contributed by atoms with Crippen LogP contribution in [0.3, 0.4) is 0 Å². The van der Waals surface area contributed by atoms with Gasteiger partial charge in [-0.2, -0.15) is 0 Å². The lowest BCUT2D eigenvalue weighted by molar-refractivity contribution is 0.342. The van der Waals surface area contributed by atoms with Gasteiger partial charge in [0.15, 0.2) is 0 Å². The summed E-state index contributed by atoms with van der Waals surface area (Å²) in [6.45, 7) is 13.2. The maximum Gasteiger partial charge on any atom is -0.0168 e. The van der Waals surface area contributed by atoms with Gasteiger partial charge < -0.3 is 0 Å². The molecule has 0 amide bonds. The largest absolute Gasteiger partial charge is 0.0998 e. The third-order valence-electron chi connectivity index (χ3n) is 3.35. The van der Waals surface area contributed by atoms with Gasteiger partial charge in [-0.1, -0.05) is 37.6 Å². The van der Waals surface area contributed by atoms with Crippen LogP contribution in [0.25, 0.3) is 0 Å². The third-order valence-corrected chi connectivity index (χ3v) is 3.35. The Kier molecular flexibility index (Phi) is 3.35. The molecule has 1 aliphatic rings. The van der Waals surface area contributed by atoms with Crippen molar-refractivity contribution in [1.82, 2.24) is 0 Å². The van der Waals surface area contributed by atoms with Crippen LogP contribution in [-0.4, -0.2) is 0 Å². The van der Waals surface area contributed by atoms with Crippen molar-refractivity contribution in [3.8, 4) is 0 Å². The van der Waals surface area contributed by atoms with Crippen molar-refractivity contribution >= 4 is 0 Å². The Labute approximate surface area is 82.7 Å². The molecule has 0 aromatic carbocycles. The van der Waals surface area contributed by atoms with E-state index in [0.29, 0.717) is 0 Å². The van der Waals surface area contributed by atoms with Crippen molar-refractivity contribution in [2.45, 2.75) is 40.5 Å². The second kappa shape index (κ2) is 4.13. The first-order chi connectivity index (χ1) is 6.02. The first-order valence-corrected chi connectivity index (χ1v) is 5.34. The normalized spacial score (nSPS) is 28.8. The van der Waals surface area contributed by atoms with E-state index in [1.54, 1.807) is 5.57 Å². The SMILES string of the molecule is C=C(C)[C@@H]1CC=C(C)[C@H](C(C)C)C1. The summed E-state index contributed by atoms with van der Waals surface area (Å²) in [5, 5.41) is 0. The molecular formula is C13H22. The fraction of sp³-hybridized carbons (Fsp3) is 0.692. The quantitative estimate of drug-likeness (QED) is 0.556. The lowest BCUT2D eigenvalue weighted by atomic mass is 9.74. The van der Waals surface area contributed by atoms with Gasteiger partial charge in [0.2, 0.25) is 0 Å². The molecule has 0 N–H and O–H groups in total. The average molecular weight is 178 g/mol.